The lowest BCUT2D eigenvalue weighted by atomic mass is 9.97. The first-order chi connectivity index (χ1) is 9.93. The van der Waals surface area contributed by atoms with Crippen LogP contribution in [-0.4, -0.2) is 65.5 Å². The van der Waals surface area contributed by atoms with E-state index in [1.54, 1.807) is 4.90 Å². The molecule has 0 aliphatic carbocycles. The Morgan fingerprint density at radius 1 is 1.29 bits per heavy atom. The van der Waals surface area contributed by atoms with Crippen molar-refractivity contribution in [1.29, 1.82) is 0 Å². The van der Waals surface area contributed by atoms with Crippen LogP contribution in [0.25, 0.3) is 0 Å². The van der Waals surface area contributed by atoms with E-state index in [0.29, 0.717) is 32.1 Å². The number of carboxylic acids is 1. The van der Waals surface area contributed by atoms with Crippen LogP contribution in [0.15, 0.2) is 0 Å². The van der Waals surface area contributed by atoms with Crippen molar-refractivity contribution in [2.24, 2.45) is 5.92 Å². The molecule has 3 amide bonds. The number of rotatable bonds is 6. The van der Waals surface area contributed by atoms with Crippen molar-refractivity contribution in [3.63, 3.8) is 0 Å². The molecule has 120 valence electrons. The van der Waals surface area contributed by atoms with Crippen molar-refractivity contribution in [2.75, 3.05) is 32.7 Å². The van der Waals surface area contributed by atoms with Gasteiger partial charge in [0, 0.05) is 33.1 Å². The Balaban J connectivity index is 2.45. The average molecular weight is 299 g/mol. The minimum Gasteiger partial charge on any atom is -0.480 e. The van der Waals surface area contributed by atoms with Gasteiger partial charge in [-0.15, -0.1) is 0 Å². The number of likely N-dealkylation sites (tertiary alicyclic amines) is 1. The fourth-order valence-electron chi connectivity index (χ4n) is 2.49. The predicted octanol–water partition coefficient (Wildman–Crippen LogP) is 0.751. The number of carbonyl (C=O) groups is 3. The summed E-state index contributed by atoms with van der Waals surface area (Å²) in [6, 6.07) is -0.197. The molecular formula is C14H25N3O4. The molecule has 21 heavy (non-hydrogen) atoms. The molecule has 0 unspecified atom stereocenters. The van der Waals surface area contributed by atoms with E-state index < -0.39 is 5.97 Å². The van der Waals surface area contributed by atoms with Crippen molar-refractivity contribution in [3.05, 3.63) is 0 Å². The Morgan fingerprint density at radius 3 is 2.38 bits per heavy atom. The summed E-state index contributed by atoms with van der Waals surface area (Å²) in [5, 5.41) is 11.7. The number of carboxylic acid groups (broad SMARTS) is 1. The number of piperidine rings is 1. The van der Waals surface area contributed by atoms with Crippen LogP contribution in [0.1, 0.15) is 33.1 Å². The van der Waals surface area contributed by atoms with Gasteiger partial charge in [0.1, 0.15) is 6.54 Å². The molecule has 1 aliphatic rings. The van der Waals surface area contributed by atoms with Crippen LogP contribution >= 0.6 is 0 Å². The second-order valence-corrected chi connectivity index (χ2v) is 5.47. The van der Waals surface area contributed by atoms with Gasteiger partial charge in [-0.1, -0.05) is 6.92 Å². The van der Waals surface area contributed by atoms with E-state index in [4.69, 9.17) is 5.11 Å². The van der Waals surface area contributed by atoms with Crippen molar-refractivity contribution < 1.29 is 19.5 Å². The summed E-state index contributed by atoms with van der Waals surface area (Å²) in [6.45, 7) is 5.49. The summed E-state index contributed by atoms with van der Waals surface area (Å²) < 4.78 is 0. The highest BCUT2D eigenvalue weighted by Crippen LogP contribution is 2.17. The Bertz CT molecular complexity index is 378. The Hall–Kier alpha value is -1.79. The van der Waals surface area contributed by atoms with Gasteiger partial charge in [-0.3, -0.25) is 9.59 Å². The molecule has 2 N–H and O–H groups in total. The van der Waals surface area contributed by atoms with Crippen molar-refractivity contribution in [1.82, 2.24) is 15.1 Å². The largest absolute Gasteiger partial charge is 0.480 e. The van der Waals surface area contributed by atoms with Crippen LogP contribution in [0.2, 0.25) is 0 Å². The van der Waals surface area contributed by atoms with Crippen molar-refractivity contribution in [2.45, 2.75) is 33.1 Å². The number of nitrogens with zero attached hydrogens (tertiary/aromatic N) is 2. The van der Waals surface area contributed by atoms with Gasteiger partial charge in [-0.05, 0) is 25.2 Å². The van der Waals surface area contributed by atoms with Gasteiger partial charge in [-0.25, -0.2) is 4.79 Å². The molecule has 1 saturated heterocycles. The number of amides is 3. The molecule has 0 aromatic heterocycles. The van der Waals surface area contributed by atoms with E-state index in [0.717, 1.165) is 19.3 Å². The number of aliphatic carboxylic acids is 1. The highest BCUT2D eigenvalue weighted by Gasteiger charge is 2.26. The number of hydrogen-bond acceptors (Lipinski definition) is 3. The van der Waals surface area contributed by atoms with Crippen LogP contribution in [0, 0.1) is 5.92 Å². The SMILES string of the molecule is CCCN(CC(=O)O)C(=O)N1CCC(CNC(C)=O)CC1. The third-order valence-electron chi connectivity index (χ3n) is 3.61. The number of urea groups is 1. The monoisotopic (exact) mass is 299 g/mol. The molecule has 7 nitrogen and oxygen atoms in total. The molecule has 7 heteroatoms. The summed E-state index contributed by atoms with van der Waals surface area (Å²) in [7, 11) is 0. The fraction of sp³-hybridized carbons (Fsp3) is 0.786. The maximum Gasteiger partial charge on any atom is 0.323 e. The molecule has 1 aliphatic heterocycles. The topological polar surface area (TPSA) is 90.0 Å². The lowest BCUT2D eigenvalue weighted by Gasteiger charge is -2.35. The molecule has 0 aromatic rings. The zero-order valence-electron chi connectivity index (χ0n) is 12.8. The van der Waals surface area contributed by atoms with Crippen LogP contribution in [0.4, 0.5) is 4.79 Å². The Labute approximate surface area is 125 Å². The van der Waals surface area contributed by atoms with Gasteiger partial charge in [0.2, 0.25) is 5.91 Å². The van der Waals surface area contributed by atoms with E-state index >= 15 is 0 Å². The first kappa shape index (κ1) is 17.3. The number of carbonyl (C=O) groups excluding carboxylic acids is 2. The predicted molar refractivity (Wildman–Crippen MR) is 77.9 cm³/mol. The van der Waals surface area contributed by atoms with E-state index in [-0.39, 0.29) is 18.5 Å². The third kappa shape index (κ3) is 6.01. The first-order valence-corrected chi connectivity index (χ1v) is 7.44. The summed E-state index contributed by atoms with van der Waals surface area (Å²) in [6.07, 6.45) is 2.40. The van der Waals surface area contributed by atoms with Crippen molar-refractivity contribution >= 4 is 17.9 Å². The van der Waals surface area contributed by atoms with Crippen LogP contribution < -0.4 is 5.32 Å². The minimum atomic E-state index is -0.989. The van der Waals surface area contributed by atoms with Gasteiger partial charge in [0.15, 0.2) is 0 Å². The standard InChI is InChI=1S/C14H25N3O4/c1-3-6-17(10-13(19)20)14(21)16-7-4-12(5-8-16)9-15-11(2)18/h12H,3-10H2,1-2H3,(H,15,18)(H,19,20). The minimum absolute atomic E-state index is 0.0379. The van der Waals surface area contributed by atoms with Crippen LogP contribution in [-0.2, 0) is 9.59 Å². The highest BCUT2D eigenvalue weighted by molar-refractivity contribution is 5.80. The lowest BCUT2D eigenvalue weighted by Crippen LogP contribution is -2.49. The summed E-state index contributed by atoms with van der Waals surface area (Å²) in [5.74, 6) is -0.640. The van der Waals surface area contributed by atoms with Gasteiger partial charge < -0.3 is 20.2 Å². The lowest BCUT2D eigenvalue weighted by molar-refractivity contribution is -0.137. The van der Waals surface area contributed by atoms with E-state index in [2.05, 4.69) is 5.32 Å². The number of nitrogens with one attached hydrogen (secondary N) is 1. The molecule has 0 radical (unpaired) electrons. The molecule has 0 spiro atoms. The molecule has 1 heterocycles. The second-order valence-electron chi connectivity index (χ2n) is 5.47. The van der Waals surface area contributed by atoms with Gasteiger partial charge in [0.05, 0.1) is 0 Å². The Morgan fingerprint density at radius 2 is 1.90 bits per heavy atom. The Kier molecular flexibility index (Phi) is 6.98. The summed E-state index contributed by atoms with van der Waals surface area (Å²) in [4.78, 5) is 37.1. The molecule has 0 atom stereocenters. The van der Waals surface area contributed by atoms with Gasteiger partial charge in [0.25, 0.3) is 0 Å². The highest BCUT2D eigenvalue weighted by atomic mass is 16.4. The van der Waals surface area contributed by atoms with E-state index in [1.165, 1.54) is 11.8 Å². The number of hydrogen-bond donors (Lipinski definition) is 2. The van der Waals surface area contributed by atoms with Crippen LogP contribution in [0.5, 0.6) is 0 Å². The zero-order chi connectivity index (χ0) is 15.8. The quantitative estimate of drug-likeness (QED) is 0.757. The first-order valence-electron chi connectivity index (χ1n) is 7.44. The molecule has 0 bridgehead atoms. The van der Waals surface area contributed by atoms with E-state index in [1.807, 2.05) is 6.92 Å². The fourth-order valence-corrected chi connectivity index (χ4v) is 2.49. The molecule has 0 saturated carbocycles. The summed E-state index contributed by atoms with van der Waals surface area (Å²) >= 11 is 0. The van der Waals surface area contributed by atoms with Gasteiger partial charge >= 0.3 is 12.0 Å². The van der Waals surface area contributed by atoms with Crippen molar-refractivity contribution in [3.8, 4) is 0 Å². The van der Waals surface area contributed by atoms with E-state index in [9.17, 15) is 14.4 Å². The average Bonchev–Trinajstić information content (AvgIpc) is 2.44. The maximum absolute atomic E-state index is 12.3. The summed E-state index contributed by atoms with van der Waals surface area (Å²) in [5.41, 5.74) is 0. The smallest absolute Gasteiger partial charge is 0.323 e. The van der Waals surface area contributed by atoms with Crippen LogP contribution in [0.3, 0.4) is 0 Å². The zero-order valence-corrected chi connectivity index (χ0v) is 12.8. The molecule has 1 rings (SSSR count). The normalized spacial score (nSPS) is 15.6. The second kappa shape index (κ2) is 8.49. The molecular weight excluding hydrogens is 274 g/mol. The molecule has 0 aromatic carbocycles. The van der Waals surface area contributed by atoms with Gasteiger partial charge in [-0.2, -0.15) is 0 Å². The third-order valence-corrected chi connectivity index (χ3v) is 3.61. The molecule has 1 fully saturated rings. The maximum atomic E-state index is 12.3.